The van der Waals surface area contributed by atoms with Gasteiger partial charge in [0.1, 0.15) is 6.33 Å². The topological polar surface area (TPSA) is 37.8 Å². The lowest BCUT2D eigenvalue weighted by Gasteiger charge is -2.11. The smallest absolute Gasteiger partial charge is 0.115 e. The quantitative estimate of drug-likeness (QED) is 0.918. The van der Waals surface area contributed by atoms with Crippen molar-refractivity contribution in [2.45, 2.75) is 26.4 Å². The fourth-order valence-corrected chi connectivity index (χ4v) is 1.84. The molecule has 18 heavy (non-hydrogen) atoms. The van der Waals surface area contributed by atoms with Gasteiger partial charge in [-0.2, -0.15) is 0 Å². The molecule has 0 unspecified atom stereocenters. The highest BCUT2D eigenvalue weighted by molar-refractivity contribution is 6.31. The number of halogens is 1. The zero-order chi connectivity index (χ0) is 13.0. The van der Waals surface area contributed by atoms with Crippen molar-refractivity contribution in [3.05, 3.63) is 47.5 Å². The molecule has 2 aromatic rings. The summed E-state index contributed by atoms with van der Waals surface area (Å²) in [6, 6.07) is 6.42. The Balaban J connectivity index is 2.26. The molecule has 0 spiro atoms. The molecular weight excluding hydrogens is 246 g/mol. The van der Waals surface area contributed by atoms with Gasteiger partial charge in [-0.15, -0.1) is 0 Å². The molecule has 0 fully saturated rings. The molecule has 0 radical (unpaired) electrons. The van der Waals surface area contributed by atoms with E-state index >= 15 is 0 Å². The third kappa shape index (κ3) is 3.28. The van der Waals surface area contributed by atoms with Gasteiger partial charge in [-0.3, -0.25) is 0 Å². The maximum atomic E-state index is 6.20. The van der Waals surface area contributed by atoms with Crippen LogP contribution in [-0.2, 0) is 6.54 Å². The van der Waals surface area contributed by atoms with E-state index in [4.69, 9.17) is 11.6 Å². The molecule has 94 valence electrons. The van der Waals surface area contributed by atoms with Gasteiger partial charge in [0.15, 0.2) is 0 Å². The summed E-state index contributed by atoms with van der Waals surface area (Å²) in [6.45, 7) is 4.99. The van der Waals surface area contributed by atoms with E-state index in [0.717, 1.165) is 28.3 Å². The van der Waals surface area contributed by atoms with Crippen molar-refractivity contribution in [1.29, 1.82) is 0 Å². The van der Waals surface area contributed by atoms with Crippen molar-refractivity contribution in [3.63, 3.8) is 0 Å². The molecule has 1 heterocycles. The van der Waals surface area contributed by atoms with Gasteiger partial charge in [0.05, 0.1) is 0 Å². The highest BCUT2D eigenvalue weighted by Gasteiger charge is 2.05. The molecular formula is C14H16ClN3. The van der Waals surface area contributed by atoms with E-state index in [-0.39, 0.29) is 0 Å². The second-order valence-corrected chi connectivity index (χ2v) is 4.88. The first-order valence-electron chi connectivity index (χ1n) is 5.94. The van der Waals surface area contributed by atoms with E-state index in [0.29, 0.717) is 6.04 Å². The normalized spacial score (nSPS) is 10.9. The minimum absolute atomic E-state index is 0.435. The van der Waals surface area contributed by atoms with E-state index in [1.165, 1.54) is 6.33 Å². The van der Waals surface area contributed by atoms with Crippen molar-refractivity contribution in [1.82, 2.24) is 15.3 Å². The summed E-state index contributed by atoms with van der Waals surface area (Å²) in [7, 11) is 0. The first kappa shape index (κ1) is 13.0. The number of benzene rings is 1. The van der Waals surface area contributed by atoms with Crippen LogP contribution >= 0.6 is 11.6 Å². The van der Waals surface area contributed by atoms with Crippen LogP contribution in [0.4, 0.5) is 0 Å². The van der Waals surface area contributed by atoms with E-state index in [9.17, 15) is 0 Å². The summed E-state index contributed by atoms with van der Waals surface area (Å²) in [5.74, 6) is 0. The summed E-state index contributed by atoms with van der Waals surface area (Å²) >= 11 is 6.20. The lowest BCUT2D eigenvalue weighted by molar-refractivity contribution is 0.589. The Morgan fingerprint density at radius 3 is 2.56 bits per heavy atom. The zero-order valence-corrected chi connectivity index (χ0v) is 11.3. The SMILES string of the molecule is CC(C)NCc1cc(-c2cncnc2)ccc1Cl. The van der Waals surface area contributed by atoms with Gasteiger partial charge >= 0.3 is 0 Å². The van der Waals surface area contributed by atoms with E-state index in [2.05, 4.69) is 35.2 Å². The van der Waals surface area contributed by atoms with Gasteiger partial charge in [-0.05, 0) is 23.3 Å². The molecule has 1 aromatic carbocycles. The maximum Gasteiger partial charge on any atom is 0.115 e. The highest BCUT2D eigenvalue weighted by Crippen LogP contribution is 2.24. The summed E-state index contributed by atoms with van der Waals surface area (Å²) in [5, 5.41) is 4.15. The first-order chi connectivity index (χ1) is 8.66. The Morgan fingerprint density at radius 2 is 1.89 bits per heavy atom. The Kier molecular flexibility index (Phi) is 4.28. The van der Waals surface area contributed by atoms with E-state index in [1.54, 1.807) is 12.4 Å². The molecule has 0 aliphatic rings. The van der Waals surface area contributed by atoms with Crippen LogP contribution in [0.1, 0.15) is 19.4 Å². The second kappa shape index (κ2) is 5.94. The number of aromatic nitrogens is 2. The Morgan fingerprint density at radius 1 is 1.17 bits per heavy atom. The summed E-state index contributed by atoms with van der Waals surface area (Å²) in [5.41, 5.74) is 3.17. The minimum Gasteiger partial charge on any atom is -0.310 e. The fraction of sp³-hybridized carbons (Fsp3) is 0.286. The van der Waals surface area contributed by atoms with E-state index in [1.807, 2.05) is 12.1 Å². The third-order valence-corrected chi connectivity index (χ3v) is 3.01. The molecule has 2 rings (SSSR count). The number of hydrogen-bond donors (Lipinski definition) is 1. The molecule has 4 heteroatoms. The molecule has 0 aliphatic heterocycles. The van der Waals surface area contributed by atoms with Gasteiger partial charge in [0, 0.05) is 35.6 Å². The standard InChI is InChI=1S/C14H16ClN3/c1-10(2)18-8-12-5-11(3-4-14(12)15)13-6-16-9-17-7-13/h3-7,9-10,18H,8H2,1-2H3. The first-order valence-corrected chi connectivity index (χ1v) is 6.32. The number of rotatable bonds is 4. The van der Waals surface area contributed by atoms with Gasteiger partial charge in [-0.1, -0.05) is 31.5 Å². The van der Waals surface area contributed by atoms with Gasteiger partial charge in [0.2, 0.25) is 0 Å². The second-order valence-electron chi connectivity index (χ2n) is 4.47. The van der Waals surface area contributed by atoms with Crippen LogP contribution in [0.2, 0.25) is 5.02 Å². The average molecular weight is 262 g/mol. The molecule has 1 N–H and O–H groups in total. The molecule has 0 amide bonds. The van der Waals surface area contributed by atoms with Crippen LogP contribution < -0.4 is 5.32 Å². The number of nitrogens with one attached hydrogen (secondary N) is 1. The summed E-state index contributed by atoms with van der Waals surface area (Å²) < 4.78 is 0. The molecule has 0 saturated carbocycles. The molecule has 0 aliphatic carbocycles. The predicted octanol–water partition coefficient (Wildman–Crippen LogP) is 3.30. The maximum absolute atomic E-state index is 6.20. The largest absolute Gasteiger partial charge is 0.310 e. The van der Waals surface area contributed by atoms with Crippen LogP contribution in [0.3, 0.4) is 0 Å². The van der Waals surface area contributed by atoms with Crippen molar-refractivity contribution in [2.75, 3.05) is 0 Å². The van der Waals surface area contributed by atoms with Crippen LogP contribution in [0.25, 0.3) is 11.1 Å². The Hall–Kier alpha value is -1.45. The number of nitrogens with zero attached hydrogens (tertiary/aromatic N) is 2. The van der Waals surface area contributed by atoms with Crippen molar-refractivity contribution < 1.29 is 0 Å². The summed E-state index contributed by atoms with van der Waals surface area (Å²) in [4.78, 5) is 8.06. The predicted molar refractivity (Wildman–Crippen MR) is 74.5 cm³/mol. The minimum atomic E-state index is 0.435. The monoisotopic (exact) mass is 261 g/mol. The van der Waals surface area contributed by atoms with Crippen LogP contribution in [0.5, 0.6) is 0 Å². The fourth-order valence-electron chi connectivity index (χ4n) is 1.65. The lowest BCUT2D eigenvalue weighted by Crippen LogP contribution is -2.21. The Bertz CT molecular complexity index is 512. The van der Waals surface area contributed by atoms with Crippen molar-refractivity contribution in [2.24, 2.45) is 0 Å². The van der Waals surface area contributed by atoms with Gasteiger partial charge < -0.3 is 5.32 Å². The van der Waals surface area contributed by atoms with Crippen LogP contribution in [0.15, 0.2) is 36.9 Å². The number of hydrogen-bond acceptors (Lipinski definition) is 3. The van der Waals surface area contributed by atoms with Crippen molar-refractivity contribution in [3.8, 4) is 11.1 Å². The van der Waals surface area contributed by atoms with Gasteiger partial charge in [-0.25, -0.2) is 9.97 Å². The molecule has 0 atom stereocenters. The molecule has 0 saturated heterocycles. The van der Waals surface area contributed by atoms with Crippen LogP contribution in [-0.4, -0.2) is 16.0 Å². The molecule has 1 aromatic heterocycles. The average Bonchev–Trinajstić information content (AvgIpc) is 2.38. The third-order valence-electron chi connectivity index (χ3n) is 2.64. The zero-order valence-electron chi connectivity index (χ0n) is 10.5. The molecule has 0 bridgehead atoms. The molecule has 3 nitrogen and oxygen atoms in total. The van der Waals surface area contributed by atoms with E-state index < -0.39 is 0 Å². The Labute approximate surface area is 112 Å². The van der Waals surface area contributed by atoms with Crippen LogP contribution in [0, 0.1) is 0 Å². The van der Waals surface area contributed by atoms with Crippen molar-refractivity contribution >= 4 is 11.6 Å². The lowest BCUT2D eigenvalue weighted by atomic mass is 10.1. The highest BCUT2D eigenvalue weighted by atomic mass is 35.5. The summed E-state index contributed by atoms with van der Waals surface area (Å²) in [6.07, 6.45) is 5.13. The van der Waals surface area contributed by atoms with Gasteiger partial charge in [0.25, 0.3) is 0 Å².